The number of fused-ring (bicyclic) bond motifs is 1. The summed E-state index contributed by atoms with van der Waals surface area (Å²) in [6.45, 7) is 0. The summed E-state index contributed by atoms with van der Waals surface area (Å²) in [4.78, 5) is 16.5. The van der Waals surface area contributed by atoms with E-state index in [4.69, 9.17) is 4.42 Å². The highest BCUT2D eigenvalue weighted by Crippen LogP contribution is 2.23. The molecule has 4 aromatic rings. The van der Waals surface area contributed by atoms with E-state index in [-0.39, 0.29) is 11.7 Å². The lowest BCUT2D eigenvalue weighted by Gasteiger charge is -2.07. The van der Waals surface area contributed by atoms with Crippen LogP contribution in [0.3, 0.4) is 0 Å². The van der Waals surface area contributed by atoms with Crippen LogP contribution in [-0.4, -0.2) is 33.1 Å². The highest BCUT2D eigenvalue weighted by atomic mass is 32.2. The first-order valence-electron chi connectivity index (χ1n) is 8.43. The van der Waals surface area contributed by atoms with E-state index in [0.717, 1.165) is 16.5 Å². The highest BCUT2D eigenvalue weighted by molar-refractivity contribution is 7.99. The van der Waals surface area contributed by atoms with Gasteiger partial charge >= 0.3 is 0 Å². The molecule has 28 heavy (non-hydrogen) atoms. The summed E-state index contributed by atoms with van der Waals surface area (Å²) >= 11 is 1.23. The smallest absolute Gasteiger partial charge is 0.240 e. The van der Waals surface area contributed by atoms with Gasteiger partial charge in [-0.1, -0.05) is 48.2 Å². The molecule has 2 aromatic carbocycles. The number of hydrogen-bond acceptors (Lipinski definition) is 7. The van der Waals surface area contributed by atoms with Gasteiger partial charge in [-0.05, 0) is 23.6 Å². The monoisotopic (exact) mass is 392 g/mol. The molecule has 0 aliphatic carbocycles. The molecule has 3 N–H and O–H groups in total. The van der Waals surface area contributed by atoms with Crippen molar-refractivity contribution in [2.24, 2.45) is 5.10 Å². The second kappa shape index (κ2) is 8.40. The van der Waals surface area contributed by atoms with Gasteiger partial charge in [0.05, 0.1) is 18.2 Å². The molecule has 2 aromatic heterocycles. The van der Waals surface area contributed by atoms with E-state index in [1.807, 2.05) is 42.5 Å². The zero-order valence-corrected chi connectivity index (χ0v) is 15.4. The largest absolute Gasteiger partial charge is 0.463 e. The number of H-pyrrole nitrogens is 1. The van der Waals surface area contributed by atoms with Crippen LogP contribution in [0.15, 0.2) is 75.5 Å². The fourth-order valence-electron chi connectivity index (χ4n) is 2.53. The molecule has 8 nitrogen and oxygen atoms in total. The number of amides is 1. The molecule has 0 unspecified atom stereocenters. The highest BCUT2D eigenvalue weighted by Gasteiger charge is 2.09. The number of benzene rings is 2. The number of aromatic amines is 1. The molecule has 140 valence electrons. The molecule has 0 bridgehead atoms. The molecule has 0 aliphatic heterocycles. The average Bonchev–Trinajstić information content (AvgIpc) is 3.39. The summed E-state index contributed by atoms with van der Waals surface area (Å²) in [5, 5.41) is 16.2. The van der Waals surface area contributed by atoms with E-state index in [9.17, 15) is 4.79 Å². The Balaban J connectivity index is 1.31. The summed E-state index contributed by atoms with van der Waals surface area (Å²) in [6.07, 6.45) is 3.08. The number of thioether (sulfide) groups is 1. The molecule has 9 heteroatoms. The van der Waals surface area contributed by atoms with Crippen molar-refractivity contribution in [1.29, 1.82) is 0 Å². The van der Waals surface area contributed by atoms with Gasteiger partial charge < -0.3 is 9.73 Å². The summed E-state index contributed by atoms with van der Waals surface area (Å²) < 4.78 is 5.13. The number of carbonyl (C=O) groups is 1. The number of furan rings is 1. The Hall–Kier alpha value is -3.59. The molecule has 0 saturated heterocycles. The summed E-state index contributed by atoms with van der Waals surface area (Å²) in [7, 11) is 0. The molecule has 0 aliphatic rings. The van der Waals surface area contributed by atoms with Crippen molar-refractivity contribution < 1.29 is 9.21 Å². The third-order valence-electron chi connectivity index (χ3n) is 3.77. The number of carbonyl (C=O) groups excluding carboxylic acids is 1. The summed E-state index contributed by atoms with van der Waals surface area (Å²) in [5.74, 6) is 1.05. The second-order valence-corrected chi connectivity index (χ2v) is 6.66. The van der Waals surface area contributed by atoms with Gasteiger partial charge in [-0.15, -0.1) is 5.10 Å². The molecule has 0 radical (unpaired) electrons. The standard InChI is InChI=1S/C19H16N6O2S/c26-17(21-16-9-3-6-13-5-1-2-8-15(13)16)12-28-19-22-18(24-25-19)23-20-11-14-7-4-10-27-14/h1-11H,12H2,(H,21,26)(H2,22,23,24,25)/b20-11-. The minimum absolute atomic E-state index is 0.128. The van der Waals surface area contributed by atoms with Crippen molar-refractivity contribution in [2.45, 2.75) is 5.16 Å². The molecule has 0 fully saturated rings. The average molecular weight is 392 g/mol. The second-order valence-electron chi connectivity index (χ2n) is 5.72. The van der Waals surface area contributed by atoms with Crippen LogP contribution in [0.1, 0.15) is 5.76 Å². The normalized spacial score (nSPS) is 11.1. The van der Waals surface area contributed by atoms with Crippen molar-refractivity contribution in [3.05, 3.63) is 66.6 Å². The number of hydrogen-bond donors (Lipinski definition) is 3. The quantitative estimate of drug-likeness (QED) is 0.251. The van der Waals surface area contributed by atoms with E-state index >= 15 is 0 Å². The first-order chi connectivity index (χ1) is 13.8. The number of hydrazone groups is 1. The molecule has 2 heterocycles. The fourth-order valence-corrected chi connectivity index (χ4v) is 3.13. The van der Waals surface area contributed by atoms with E-state index in [1.54, 1.807) is 18.4 Å². The van der Waals surface area contributed by atoms with E-state index < -0.39 is 0 Å². The molecule has 1 amide bonds. The Kier molecular flexibility index (Phi) is 5.34. The number of nitrogens with one attached hydrogen (secondary N) is 3. The lowest BCUT2D eigenvalue weighted by atomic mass is 10.1. The van der Waals surface area contributed by atoms with E-state index in [1.165, 1.54) is 18.0 Å². The third-order valence-corrected chi connectivity index (χ3v) is 4.61. The Labute approximate surface area is 164 Å². The first kappa shape index (κ1) is 17.8. The van der Waals surface area contributed by atoms with Crippen molar-refractivity contribution in [1.82, 2.24) is 15.2 Å². The lowest BCUT2D eigenvalue weighted by molar-refractivity contribution is -0.113. The Bertz CT molecular complexity index is 1100. The van der Waals surface area contributed by atoms with Gasteiger partial charge in [0.15, 0.2) is 0 Å². The maximum absolute atomic E-state index is 12.3. The van der Waals surface area contributed by atoms with Crippen molar-refractivity contribution >= 4 is 46.3 Å². The minimum atomic E-state index is -0.128. The summed E-state index contributed by atoms with van der Waals surface area (Å²) in [6, 6.07) is 17.3. The van der Waals surface area contributed by atoms with Crippen LogP contribution >= 0.6 is 11.8 Å². The zero-order valence-electron chi connectivity index (χ0n) is 14.6. The molecular formula is C19H16N6O2S. The van der Waals surface area contributed by atoms with Crippen LogP contribution in [0, 0.1) is 0 Å². The van der Waals surface area contributed by atoms with Crippen LogP contribution in [0.2, 0.25) is 0 Å². The van der Waals surface area contributed by atoms with Crippen LogP contribution in [0.5, 0.6) is 0 Å². The fraction of sp³-hybridized carbons (Fsp3) is 0.0526. The molecular weight excluding hydrogens is 376 g/mol. The van der Waals surface area contributed by atoms with Crippen LogP contribution in [-0.2, 0) is 4.79 Å². The van der Waals surface area contributed by atoms with Gasteiger partial charge in [-0.3, -0.25) is 4.79 Å². The Morgan fingerprint density at radius 2 is 2.07 bits per heavy atom. The predicted octanol–water partition coefficient (Wildman–Crippen LogP) is 3.73. The van der Waals surface area contributed by atoms with Gasteiger partial charge in [0.25, 0.3) is 0 Å². The minimum Gasteiger partial charge on any atom is -0.463 e. The maximum atomic E-state index is 12.3. The predicted molar refractivity (Wildman–Crippen MR) is 110 cm³/mol. The summed E-state index contributed by atoms with van der Waals surface area (Å²) in [5.41, 5.74) is 3.50. The Morgan fingerprint density at radius 3 is 2.96 bits per heavy atom. The van der Waals surface area contributed by atoms with Gasteiger partial charge in [-0.25, -0.2) is 10.5 Å². The SMILES string of the molecule is O=C(CSc1n[nH]c(N/N=C\c2ccco2)n1)Nc1cccc2ccccc12. The number of anilines is 2. The maximum Gasteiger partial charge on any atom is 0.240 e. The van der Waals surface area contributed by atoms with E-state index in [2.05, 4.69) is 31.0 Å². The van der Waals surface area contributed by atoms with Crippen LogP contribution in [0.4, 0.5) is 11.6 Å². The molecule has 0 spiro atoms. The topological polar surface area (TPSA) is 108 Å². The lowest BCUT2D eigenvalue weighted by Crippen LogP contribution is -2.14. The van der Waals surface area contributed by atoms with Gasteiger partial charge in [0.1, 0.15) is 5.76 Å². The van der Waals surface area contributed by atoms with Crippen molar-refractivity contribution in [3.8, 4) is 0 Å². The number of nitrogens with zero attached hydrogens (tertiary/aromatic N) is 3. The molecule has 0 saturated carbocycles. The molecule has 4 rings (SSSR count). The van der Waals surface area contributed by atoms with E-state index in [0.29, 0.717) is 16.9 Å². The van der Waals surface area contributed by atoms with Crippen molar-refractivity contribution in [3.63, 3.8) is 0 Å². The third kappa shape index (κ3) is 4.38. The molecule has 0 atom stereocenters. The van der Waals surface area contributed by atoms with Crippen LogP contribution in [0.25, 0.3) is 10.8 Å². The van der Waals surface area contributed by atoms with Gasteiger partial charge in [0, 0.05) is 11.1 Å². The Morgan fingerprint density at radius 1 is 1.18 bits per heavy atom. The van der Waals surface area contributed by atoms with Gasteiger partial charge in [0.2, 0.25) is 17.0 Å². The number of aromatic nitrogens is 3. The zero-order chi connectivity index (χ0) is 19.2. The van der Waals surface area contributed by atoms with Crippen LogP contribution < -0.4 is 10.7 Å². The van der Waals surface area contributed by atoms with Gasteiger partial charge in [-0.2, -0.15) is 10.1 Å². The van der Waals surface area contributed by atoms with Crippen molar-refractivity contribution in [2.75, 3.05) is 16.5 Å². The first-order valence-corrected chi connectivity index (χ1v) is 9.42. The number of rotatable bonds is 7.